The lowest BCUT2D eigenvalue weighted by Gasteiger charge is -2.19. The van der Waals surface area contributed by atoms with Crippen LogP contribution in [0.2, 0.25) is 0 Å². The van der Waals surface area contributed by atoms with Gasteiger partial charge in [-0.2, -0.15) is 0 Å². The molecular weight excluding hydrogens is 870 g/mol. The third-order valence-corrected chi connectivity index (χ3v) is 11.9. The first-order valence-electron chi connectivity index (χ1n) is 26.9. The van der Waals surface area contributed by atoms with Crippen LogP contribution in [0.15, 0.2) is 109 Å². The van der Waals surface area contributed by atoms with Gasteiger partial charge in [-0.3, -0.25) is 18.6 Å². The third kappa shape index (κ3) is 52.0. The second kappa shape index (κ2) is 53.0. The summed E-state index contributed by atoms with van der Waals surface area (Å²) in [4.78, 5) is 35.1. The van der Waals surface area contributed by atoms with Gasteiger partial charge in [0.2, 0.25) is 0 Å². The van der Waals surface area contributed by atoms with Crippen molar-refractivity contribution in [2.45, 2.75) is 219 Å². The summed E-state index contributed by atoms with van der Waals surface area (Å²) in [5.41, 5.74) is 5.37. The van der Waals surface area contributed by atoms with E-state index in [0.29, 0.717) is 12.8 Å². The van der Waals surface area contributed by atoms with Crippen LogP contribution in [0.3, 0.4) is 0 Å². The summed E-state index contributed by atoms with van der Waals surface area (Å²) >= 11 is 0. The predicted molar refractivity (Wildman–Crippen MR) is 288 cm³/mol. The zero-order chi connectivity index (χ0) is 49.5. The molecule has 0 amide bonds. The van der Waals surface area contributed by atoms with Gasteiger partial charge >= 0.3 is 19.8 Å². The Hall–Kier alpha value is -3.33. The number of phosphoric ester groups is 1. The molecule has 10 heteroatoms. The van der Waals surface area contributed by atoms with Gasteiger partial charge in [-0.15, -0.1) is 0 Å². The Bertz CT molecular complexity index is 1480. The van der Waals surface area contributed by atoms with Crippen molar-refractivity contribution < 1.29 is 37.6 Å². The van der Waals surface area contributed by atoms with Crippen molar-refractivity contribution in [3.63, 3.8) is 0 Å². The van der Waals surface area contributed by atoms with E-state index in [0.717, 1.165) is 109 Å². The molecule has 68 heavy (non-hydrogen) atoms. The standard InChI is InChI=1S/C58H98NO8P/c1-3-5-7-9-11-13-15-17-19-21-22-23-24-25-26-27-28-29-30-31-32-33-34-35-37-39-41-43-45-47-49-51-58(61)67-56(55-66-68(62,63)65-53-52-59)54-64-57(60)50-48-46-44-42-40-38-36-20-18-16-14-12-10-8-6-4-2/h5,7,11,13-14,16-17,19-20,22-23,25-26,28-29,31-32,36,56H,3-4,6,8-10,12,15,18,21,24,27,30,33-35,37-55,59H2,1-2H3,(H,62,63)/b7-5-,13-11-,16-14-,19-17-,23-22-,26-25-,29-28-,32-31-,36-20-. The van der Waals surface area contributed by atoms with Crippen molar-refractivity contribution >= 4 is 19.8 Å². The minimum absolute atomic E-state index is 0.0449. The average Bonchev–Trinajstić information content (AvgIpc) is 3.33. The number of carbonyl (C=O) groups excluding carboxylic acids is 2. The van der Waals surface area contributed by atoms with Crippen molar-refractivity contribution in [1.29, 1.82) is 0 Å². The Labute approximate surface area is 416 Å². The molecule has 2 unspecified atom stereocenters. The van der Waals surface area contributed by atoms with Gasteiger partial charge in [0.25, 0.3) is 0 Å². The number of allylic oxidation sites excluding steroid dienone is 18. The molecule has 0 fully saturated rings. The highest BCUT2D eigenvalue weighted by Crippen LogP contribution is 2.43. The van der Waals surface area contributed by atoms with Crippen molar-refractivity contribution in [3.05, 3.63) is 109 Å². The Morgan fingerprint density at radius 1 is 0.456 bits per heavy atom. The molecule has 2 atom stereocenters. The number of phosphoric acid groups is 1. The van der Waals surface area contributed by atoms with Crippen molar-refractivity contribution in [3.8, 4) is 0 Å². The van der Waals surface area contributed by atoms with Crippen LogP contribution in [0.5, 0.6) is 0 Å². The molecular formula is C58H98NO8P. The molecule has 0 rings (SSSR count). The molecule has 0 spiro atoms. The number of ether oxygens (including phenoxy) is 2. The van der Waals surface area contributed by atoms with Crippen LogP contribution in [0, 0.1) is 0 Å². The topological polar surface area (TPSA) is 134 Å². The van der Waals surface area contributed by atoms with E-state index in [4.69, 9.17) is 24.3 Å². The Kier molecular flexibility index (Phi) is 50.4. The maximum Gasteiger partial charge on any atom is 0.472 e. The van der Waals surface area contributed by atoms with Crippen LogP contribution in [-0.2, 0) is 32.7 Å². The Balaban J connectivity index is 4.06. The zero-order valence-electron chi connectivity index (χ0n) is 43.0. The fourth-order valence-corrected chi connectivity index (χ4v) is 7.70. The average molecular weight is 968 g/mol. The van der Waals surface area contributed by atoms with Crippen LogP contribution in [0.25, 0.3) is 0 Å². The van der Waals surface area contributed by atoms with Crippen molar-refractivity contribution in [2.24, 2.45) is 5.73 Å². The first kappa shape index (κ1) is 64.7. The van der Waals surface area contributed by atoms with Crippen LogP contribution >= 0.6 is 7.82 Å². The molecule has 388 valence electrons. The van der Waals surface area contributed by atoms with Crippen LogP contribution in [0.1, 0.15) is 213 Å². The van der Waals surface area contributed by atoms with Crippen molar-refractivity contribution in [2.75, 3.05) is 26.4 Å². The molecule has 0 aliphatic heterocycles. The summed E-state index contributed by atoms with van der Waals surface area (Å²) in [7, 11) is -4.40. The number of hydrogen-bond acceptors (Lipinski definition) is 8. The van der Waals surface area contributed by atoms with E-state index in [1.54, 1.807) is 0 Å². The number of esters is 2. The van der Waals surface area contributed by atoms with Gasteiger partial charge in [-0.05, 0) is 103 Å². The van der Waals surface area contributed by atoms with Crippen LogP contribution < -0.4 is 5.73 Å². The molecule has 0 aromatic heterocycles. The molecule has 0 saturated heterocycles. The Morgan fingerprint density at radius 3 is 1.21 bits per heavy atom. The van der Waals surface area contributed by atoms with Gasteiger partial charge in [0.1, 0.15) is 6.61 Å². The molecule has 0 aliphatic rings. The highest BCUT2D eigenvalue weighted by molar-refractivity contribution is 7.47. The van der Waals surface area contributed by atoms with Crippen LogP contribution in [-0.4, -0.2) is 49.3 Å². The summed E-state index contributed by atoms with van der Waals surface area (Å²) in [6.07, 6.45) is 71.3. The highest BCUT2D eigenvalue weighted by atomic mass is 31.2. The fraction of sp³-hybridized carbons (Fsp3) is 0.655. The lowest BCUT2D eigenvalue weighted by molar-refractivity contribution is -0.161. The second-order valence-electron chi connectivity index (χ2n) is 17.4. The van der Waals surface area contributed by atoms with E-state index >= 15 is 0 Å². The fourth-order valence-electron chi connectivity index (χ4n) is 6.94. The van der Waals surface area contributed by atoms with Crippen molar-refractivity contribution in [1.82, 2.24) is 0 Å². The van der Waals surface area contributed by atoms with E-state index in [-0.39, 0.29) is 32.6 Å². The summed E-state index contributed by atoms with van der Waals surface area (Å²) in [6, 6.07) is 0. The summed E-state index contributed by atoms with van der Waals surface area (Å²) in [5, 5.41) is 0. The molecule has 0 aliphatic carbocycles. The maximum atomic E-state index is 12.7. The van der Waals surface area contributed by atoms with Gasteiger partial charge in [-0.25, -0.2) is 4.57 Å². The van der Waals surface area contributed by atoms with Gasteiger partial charge in [-0.1, -0.05) is 207 Å². The molecule has 3 N–H and O–H groups in total. The zero-order valence-corrected chi connectivity index (χ0v) is 43.9. The molecule has 0 aromatic carbocycles. The minimum atomic E-state index is -4.40. The number of carbonyl (C=O) groups is 2. The summed E-state index contributed by atoms with van der Waals surface area (Å²) in [5.74, 6) is -0.857. The van der Waals surface area contributed by atoms with Gasteiger partial charge in [0, 0.05) is 19.4 Å². The van der Waals surface area contributed by atoms with Crippen LogP contribution in [0.4, 0.5) is 0 Å². The molecule has 0 heterocycles. The first-order valence-corrected chi connectivity index (χ1v) is 28.4. The molecule has 9 nitrogen and oxygen atoms in total. The SMILES string of the molecule is CC/C=C\C/C=C\C/C=C\C/C=C\C/C=C\C/C=C\C/C=C\CCCCCCCCCCCC(=O)OC(COC(=O)CCCCCCC/C=C\C/C=C\CCCCCC)COP(=O)(O)OCCN. The number of hydrogen-bond donors (Lipinski definition) is 2. The van der Waals surface area contributed by atoms with E-state index in [2.05, 4.69) is 123 Å². The smallest absolute Gasteiger partial charge is 0.462 e. The highest BCUT2D eigenvalue weighted by Gasteiger charge is 2.26. The number of nitrogens with two attached hydrogens (primary N) is 1. The molecule has 0 bridgehead atoms. The lowest BCUT2D eigenvalue weighted by Crippen LogP contribution is -2.29. The van der Waals surface area contributed by atoms with E-state index in [1.807, 2.05) is 0 Å². The summed E-state index contributed by atoms with van der Waals surface area (Å²) < 4.78 is 32.9. The first-order chi connectivity index (χ1) is 33.3. The lowest BCUT2D eigenvalue weighted by atomic mass is 10.1. The molecule has 0 aromatic rings. The molecule has 0 radical (unpaired) electrons. The largest absolute Gasteiger partial charge is 0.472 e. The van der Waals surface area contributed by atoms with Gasteiger partial charge < -0.3 is 20.1 Å². The predicted octanol–water partition coefficient (Wildman–Crippen LogP) is 16.7. The van der Waals surface area contributed by atoms with Gasteiger partial charge in [0.05, 0.1) is 13.2 Å². The normalized spacial score (nSPS) is 14.0. The molecule has 0 saturated carbocycles. The van der Waals surface area contributed by atoms with E-state index < -0.39 is 32.5 Å². The summed E-state index contributed by atoms with van der Waals surface area (Å²) in [6.45, 7) is 3.57. The van der Waals surface area contributed by atoms with E-state index in [9.17, 15) is 19.0 Å². The number of unbranched alkanes of at least 4 members (excludes halogenated alkanes) is 18. The second-order valence-corrected chi connectivity index (χ2v) is 18.8. The van der Waals surface area contributed by atoms with E-state index in [1.165, 1.54) is 64.2 Å². The quantitative estimate of drug-likeness (QED) is 0.0264. The maximum absolute atomic E-state index is 12.7. The Morgan fingerprint density at radius 2 is 0.809 bits per heavy atom. The monoisotopic (exact) mass is 968 g/mol. The third-order valence-electron chi connectivity index (χ3n) is 10.9. The minimum Gasteiger partial charge on any atom is -0.462 e. The van der Waals surface area contributed by atoms with Gasteiger partial charge in [0.15, 0.2) is 6.10 Å². The number of rotatable bonds is 49.